The van der Waals surface area contributed by atoms with E-state index in [1.165, 1.54) is 14.2 Å². The maximum Gasteiger partial charge on any atom is 0.263 e. The van der Waals surface area contributed by atoms with E-state index in [0.717, 1.165) is 51.1 Å². The standard InChI is InChI=1S/C27H35N3O5/c1-18-11-13-30(14-12-18)22-10-9-19(16-21(22)26(31)28-17-20-6-5-15-35-20)29-27(32)25-23(33-2)7-4-8-24(25)34-3/h4,7-10,16,18,20H,5-6,11-15,17H2,1-3H3,(H,28,31)(H,29,32). The van der Waals surface area contributed by atoms with Gasteiger partial charge in [0.2, 0.25) is 0 Å². The Bertz CT molecular complexity index is 1020. The summed E-state index contributed by atoms with van der Waals surface area (Å²) in [5.74, 6) is 0.966. The van der Waals surface area contributed by atoms with Crippen molar-refractivity contribution in [3.05, 3.63) is 47.5 Å². The molecular weight excluding hydrogens is 446 g/mol. The van der Waals surface area contributed by atoms with Crippen molar-refractivity contribution in [2.24, 2.45) is 5.92 Å². The first kappa shape index (κ1) is 24.9. The second-order valence-electron chi connectivity index (χ2n) is 9.24. The largest absolute Gasteiger partial charge is 0.496 e. The third kappa shape index (κ3) is 5.88. The zero-order valence-electron chi connectivity index (χ0n) is 20.8. The van der Waals surface area contributed by atoms with Crippen molar-refractivity contribution in [3.63, 3.8) is 0 Å². The summed E-state index contributed by atoms with van der Waals surface area (Å²) < 4.78 is 16.4. The Hall–Kier alpha value is -3.26. The summed E-state index contributed by atoms with van der Waals surface area (Å²) in [6.07, 6.45) is 4.20. The number of piperidine rings is 1. The Morgan fingerprint density at radius 1 is 1.03 bits per heavy atom. The molecule has 0 spiro atoms. The van der Waals surface area contributed by atoms with Crippen LogP contribution in [0.1, 0.15) is 53.3 Å². The molecule has 0 bridgehead atoms. The fourth-order valence-corrected chi connectivity index (χ4v) is 4.70. The van der Waals surface area contributed by atoms with Gasteiger partial charge in [-0.3, -0.25) is 9.59 Å². The third-order valence-electron chi connectivity index (χ3n) is 6.79. The lowest BCUT2D eigenvalue weighted by Crippen LogP contribution is -2.36. The highest BCUT2D eigenvalue weighted by atomic mass is 16.5. The van der Waals surface area contributed by atoms with E-state index in [1.807, 2.05) is 12.1 Å². The molecule has 1 unspecified atom stereocenters. The monoisotopic (exact) mass is 481 g/mol. The molecule has 1 atom stereocenters. The van der Waals surface area contributed by atoms with Gasteiger partial charge in [-0.1, -0.05) is 13.0 Å². The lowest BCUT2D eigenvalue weighted by atomic mass is 9.97. The van der Waals surface area contributed by atoms with Crippen LogP contribution >= 0.6 is 0 Å². The molecule has 2 N–H and O–H groups in total. The van der Waals surface area contributed by atoms with Gasteiger partial charge in [0.05, 0.1) is 25.9 Å². The average Bonchev–Trinajstić information content (AvgIpc) is 3.41. The molecule has 2 aromatic carbocycles. The highest BCUT2D eigenvalue weighted by molar-refractivity contribution is 6.09. The van der Waals surface area contributed by atoms with Crippen LogP contribution in [0.4, 0.5) is 11.4 Å². The van der Waals surface area contributed by atoms with Crippen molar-refractivity contribution in [2.45, 2.75) is 38.7 Å². The lowest BCUT2D eigenvalue weighted by molar-refractivity contribution is 0.0858. The molecule has 0 aliphatic carbocycles. The van der Waals surface area contributed by atoms with E-state index in [-0.39, 0.29) is 17.9 Å². The summed E-state index contributed by atoms with van der Waals surface area (Å²) in [5, 5.41) is 5.95. The van der Waals surface area contributed by atoms with Crippen LogP contribution in [0.15, 0.2) is 36.4 Å². The van der Waals surface area contributed by atoms with Crippen molar-refractivity contribution in [1.82, 2.24) is 5.32 Å². The molecule has 8 heteroatoms. The Morgan fingerprint density at radius 2 is 1.74 bits per heavy atom. The van der Waals surface area contributed by atoms with E-state index < -0.39 is 0 Å². The van der Waals surface area contributed by atoms with Crippen LogP contribution in [-0.4, -0.2) is 58.4 Å². The molecule has 0 saturated carbocycles. The number of benzene rings is 2. The van der Waals surface area contributed by atoms with E-state index in [0.29, 0.717) is 40.8 Å². The van der Waals surface area contributed by atoms with Crippen LogP contribution in [-0.2, 0) is 4.74 Å². The maximum absolute atomic E-state index is 13.3. The molecule has 4 rings (SSSR count). The first-order valence-electron chi connectivity index (χ1n) is 12.3. The third-order valence-corrected chi connectivity index (χ3v) is 6.79. The molecule has 2 aliphatic rings. The molecule has 2 aromatic rings. The van der Waals surface area contributed by atoms with Crippen molar-refractivity contribution in [1.29, 1.82) is 0 Å². The van der Waals surface area contributed by atoms with Crippen LogP contribution in [0, 0.1) is 5.92 Å². The Labute approximate surface area is 206 Å². The van der Waals surface area contributed by atoms with Crippen molar-refractivity contribution in [2.75, 3.05) is 50.7 Å². The van der Waals surface area contributed by atoms with Crippen LogP contribution < -0.4 is 25.0 Å². The summed E-state index contributed by atoms with van der Waals surface area (Å²) in [4.78, 5) is 28.7. The number of nitrogens with one attached hydrogen (secondary N) is 2. The Kier molecular flexibility index (Phi) is 8.13. The minimum absolute atomic E-state index is 0.0548. The summed E-state index contributed by atoms with van der Waals surface area (Å²) in [7, 11) is 3.02. The van der Waals surface area contributed by atoms with Gasteiger partial charge in [-0.2, -0.15) is 0 Å². The molecule has 2 heterocycles. The number of amides is 2. The number of carbonyl (C=O) groups is 2. The average molecular weight is 482 g/mol. The van der Waals surface area contributed by atoms with Gasteiger partial charge in [0.15, 0.2) is 0 Å². The molecular formula is C27H35N3O5. The van der Waals surface area contributed by atoms with Crippen LogP contribution in [0.2, 0.25) is 0 Å². The molecule has 2 fully saturated rings. The summed E-state index contributed by atoms with van der Waals surface area (Å²) in [6, 6.07) is 10.7. The molecule has 188 valence electrons. The number of rotatable bonds is 8. The first-order chi connectivity index (χ1) is 17.0. The van der Waals surface area contributed by atoms with Crippen molar-refractivity contribution < 1.29 is 23.8 Å². The first-order valence-corrected chi connectivity index (χ1v) is 12.3. The van der Waals surface area contributed by atoms with Gasteiger partial charge < -0.3 is 29.7 Å². The van der Waals surface area contributed by atoms with Crippen LogP contribution in [0.5, 0.6) is 11.5 Å². The molecule has 0 radical (unpaired) electrons. The van der Waals surface area contributed by atoms with Crippen LogP contribution in [0.25, 0.3) is 0 Å². The maximum atomic E-state index is 13.3. The molecule has 35 heavy (non-hydrogen) atoms. The molecule has 2 aliphatic heterocycles. The van der Waals surface area contributed by atoms with E-state index >= 15 is 0 Å². The van der Waals surface area contributed by atoms with Crippen molar-refractivity contribution in [3.8, 4) is 11.5 Å². The van der Waals surface area contributed by atoms with Gasteiger partial charge >= 0.3 is 0 Å². The Morgan fingerprint density at radius 3 is 2.37 bits per heavy atom. The number of carbonyl (C=O) groups excluding carboxylic acids is 2. The van der Waals surface area contributed by atoms with Crippen LogP contribution in [0.3, 0.4) is 0 Å². The summed E-state index contributed by atoms with van der Waals surface area (Å²) >= 11 is 0. The van der Waals surface area contributed by atoms with E-state index in [2.05, 4.69) is 22.5 Å². The molecule has 2 amide bonds. The van der Waals surface area contributed by atoms with Gasteiger partial charge in [-0.15, -0.1) is 0 Å². The number of hydrogen-bond donors (Lipinski definition) is 2. The quantitative estimate of drug-likeness (QED) is 0.590. The predicted octanol–water partition coefficient (Wildman–Crippen LogP) is 4.10. The minimum Gasteiger partial charge on any atom is -0.496 e. The van der Waals surface area contributed by atoms with Gasteiger partial charge in [-0.05, 0) is 61.9 Å². The fourth-order valence-electron chi connectivity index (χ4n) is 4.70. The predicted molar refractivity (Wildman–Crippen MR) is 136 cm³/mol. The second kappa shape index (κ2) is 11.4. The number of methoxy groups -OCH3 is 2. The summed E-state index contributed by atoms with van der Waals surface area (Å²) in [6.45, 7) is 5.28. The topological polar surface area (TPSA) is 89.1 Å². The highest BCUT2D eigenvalue weighted by Crippen LogP contribution is 2.31. The molecule has 8 nitrogen and oxygen atoms in total. The SMILES string of the molecule is COc1cccc(OC)c1C(=O)Nc1ccc(N2CCC(C)CC2)c(C(=O)NCC2CCCO2)c1. The minimum atomic E-state index is -0.371. The van der Waals surface area contributed by atoms with E-state index in [4.69, 9.17) is 14.2 Å². The number of ether oxygens (including phenoxy) is 3. The number of anilines is 2. The zero-order chi connectivity index (χ0) is 24.8. The highest BCUT2D eigenvalue weighted by Gasteiger charge is 2.24. The molecule has 0 aromatic heterocycles. The normalized spacial score (nSPS) is 18.3. The lowest BCUT2D eigenvalue weighted by Gasteiger charge is -2.33. The smallest absolute Gasteiger partial charge is 0.263 e. The van der Waals surface area contributed by atoms with Crippen molar-refractivity contribution >= 4 is 23.2 Å². The Balaban J connectivity index is 1.59. The number of nitrogens with zero attached hydrogens (tertiary/aromatic N) is 1. The van der Waals surface area contributed by atoms with Gasteiger partial charge in [-0.25, -0.2) is 0 Å². The van der Waals surface area contributed by atoms with Gasteiger partial charge in [0, 0.05) is 37.6 Å². The zero-order valence-corrected chi connectivity index (χ0v) is 20.8. The van der Waals surface area contributed by atoms with Gasteiger partial charge in [0.25, 0.3) is 11.8 Å². The fraction of sp³-hybridized carbons (Fsp3) is 0.481. The van der Waals surface area contributed by atoms with E-state index in [9.17, 15) is 9.59 Å². The van der Waals surface area contributed by atoms with E-state index in [1.54, 1.807) is 24.3 Å². The molecule has 2 saturated heterocycles. The number of hydrogen-bond acceptors (Lipinski definition) is 6. The van der Waals surface area contributed by atoms with Gasteiger partial charge in [0.1, 0.15) is 17.1 Å². The second-order valence-corrected chi connectivity index (χ2v) is 9.24. The summed E-state index contributed by atoms with van der Waals surface area (Å²) in [5.41, 5.74) is 2.26.